The first-order chi connectivity index (χ1) is 16.0. The predicted octanol–water partition coefficient (Wildman–Crippen LogP) is 4.14. The van der Waals surface area contributed by atoms with Crippen molar-refractivity contribution in [2.24, 2.45) is 5.10 Å². The Kier molecular flexibility index (Phi) is 8.26. The molecule has 2 N–H and O–H groups in total. The Balaban J connectivity index is 1.60. The summed E-state index contributed by atoms with van der Waals surface area (Å²) >= 11 is 6.07. The summed E-state index contributed by atoms with van der Waals surface area (Å²) < 4.78 is 15.8. The lowest BCUT2D eigenvalue weighted by atomic mass is 10.2. The molecule has 0 aliphatic carbocycles. The SMILES string of the molecule is COc1ccc(NC(=O)COc2ccc(Cl)cc2/C=N/NC(=O)c2cccc(OC)c2)cc1. The average molecular weight is 468 g/mol. The van der Waals surface area contributed by atoms with Crippen molar-refractivity contribution in [1.29, 1.82) is 0 Å². The van der Waals surface area contributed by atoms with Crippen molar-refractivity contribution >= 4 is 35.3 Å². The van der Waals surface area contributed by atoms with Gasteiger partial charge in [-0.1, -0.05) is 17.7 Å². The summed E-state index contributed by atoms with van der Waals surface area (Å²) in [7, 11) is 3.09. The minimum atomic E-state index is -0.409. The van der Waals surface area contributed by atoms with Gasteiger partial charge in [-0.15, -0.1) is 0 Å². The van der Waals surface area contributed by atoms with Gasteiger partial charge in [-0.25, -0.2) is 5.43 Å². The molecule has 0 saturated carbocycles. The molecule has 0 saturated heterocycles. The van der Waals surface area contributed by atoms with E-state index in [-0.39, 0.29) is 12.5 Å². The van der Waals surface area contributed by atoms with Crippen molar-refractivity contribution in [2.45, 2.75) is 0 Å². The maximum atomic E-state index is 12.3. The van der Waals surface area contributed by atoms with Crippen LogP contribution in [0, 0.1) is 0 Å². The van der Waals surface area contributed by atoms with Crippen LogP contribution in [-0.2, 0) is 4.79 Å². The van der Waals surface area contributed by atoms with Crippen LogP contribution < -0.4 is 25.0 Å². The van der Waals surface area contributed by atoms with E-state index in [4.69, 9.17) is 25.8 Å². The second kappa shape index (κ2) is 11.5. The molecule has 0 heterocycles. The molecule has 0 atom stereocenters. The number of benzene rings is 3. The van der Waals surface area contributed by atoms with Crippen LogP contribution in [0.25, 0.3) is 0 Å². The van der Waals surface area contributed by atoms with E-state index in [0.29, 0.717) is 39.1 Å². The standard InChI is InChI=1S/C24H22ClN3O5/c1-31-20-9-7-19(8-10-20)27-23(29)15-33-22-11-6-18(25)12-17(22)14-26-28-24(30)16-4-3-5-21(13-16)32-2/h3-14H,15H2,1-2H3,(H,27,29)(H,28,30)/b26-14+. The molecule has 9 heteroatoms. The summed E-state index contributed by atoms with van der Waals surface area (Å²) in [6.07, 6.45) is 1.39. The van der Waals surface area contributed by atoms with Crippen LogP contribution in [0.2, 0.25) is 5.02 Å². The van der Waals surface area contributed by atoms with Crippen LogP contribution in [0.4, 0.5) is 5.69 Å². The molecule has 0 aliphatic rings. The fourth-order valence-electron chi connectivity index (χ4n) is 2.76. The van der Waals surface area contributed by atoms with Gasteiger partial charge in [0.1, 0.15) is 17.2 Å². The monoisotopic (exact) mass is 467 g/mol. The number of hydrogen-bond acceptors (Lipinski definition) is 6. The number of nitrogens with zero attached hydrogens (tertiary/aromatic N) is 1. The number of nitrogens with one attached hydrogen (secondary N) is 2. The second-order valence-electron chi connectivity index (χ2n) is 6.68. The van der Waals surface area contributed by atoms with Gasteiger partial charge in [-0.05, 0) is 60.7 Å². The number of rotatable bonds is 9. The summed E-state index contributed by atoms with van der Waals surface area (Å²) in [4.78, 5) is 24.5. The number of carbonyl (C=O) groups is 2. The summed E-state index contributed by atoms with van der Waals surface area (Å²) in [5.41, 5.74) is 3.94. The van der Waals surface area contributed by atoms with Gasteiger partial charge in [0.2, 0.25) is 0 Å². The van der Waals surface area contributed by atoms with Gasteiger partial charge in [0.05, 0.1) is 20.4 Å². The first kappa shape index (κ1) is 23.6. The lowest BCUT2D eigenvalue weighted by molar-refractivity contribution is -0.118. The third-order valence-electron chi connectivity index (χ3n) is 4.41. The Morgan fingerprint density at radius 2 is 1.73 bits per heavy atom. The number of ether oxygens (including phenoxy) is 3. The van der Waals surface area contributed by atoms with E-state index in [1.54, 1.807) is 73.8 Å². The largest absolute Gasteiger partial charge is 0.497 e. The zero-order chi connectivity index (χ0) is 23.6. The van der Waals surface area contributed by atoms with Gasteiger partial charge in [0, 0.05) is 21.8 Å². The number of amides is 2. The number of hydrogen-bond donors (Lipinski definition) is 2. The van der Waals surface area contributed by atoms with Gasteiger partial charge >= 0.3 is 0 Å². The van der Waals surface area contributed by atoms with Crippen molar-refractivity contribution in [2.75, 3.05) is 26.1 Å². The molecule has 0 bridgehead atoms. The van der Waals surface area contributed by atoms with E-state index in [9.17, 15) is 9.59 Å². The topological polar surface area (TPSA) is 98.3 Å². The normalized spacial score (nSPS) is 10.5. The quantitative estimate of drug-likeness (QED) is 0.364. The summed E-state index contributed by atoms with van der Waals surface area (Å²) in [6, 6.07) is 18.5. The summed E-state index contributed by atoms with van der Waals surface area (Å²) in [6.45, 7) is -0.231. The van der Waals surface area contributed by atoms with E-state index in [2.05, 4.69) is 15.8 Å². The van der Waals surface area contributed by atoms with Crippen molar-refractivity contribution in [1.82, 2.24) is 5.43 Å². The Bertz CT molecular complexity index is 1150. The molecule has 3 aromatic carbocycles. The summed E-state index contributed by atoms with van der Waals surface area (Å²) in [5, 5.41) is 7.15. The van der Waals surface area contributed by atoms with E-state index in [0.717, 1.165) is 0 Å². The Morgan fingerprint density at radius 3 is 2.45 bits per heavy atom. The summed E-state index contributed by atoms with van der Waals surface area (Å²) in [5.74, 6) is 0.874. The average Bonchev–Trinajstić information content (AvgIpc) is 2.84. The lowest BCUT2D eigenvalue weighted by Crippen LogP contribution is -2.20. The fraction of sp³-hybridized carbons (Fsp3) is 0.125. The van der Waals surface area contributed by atoms with Crippen LogP contribution >= 0.6 is 11.6 Å². The minimum absolute atomic E-state index is 0.231. The number of methoxy groups -OCH3 is 2. The third-order valence-corrected chi connectivity index (χ3v) is 4.64. The first-order valence-electron chi connectivity index (χ1n) is 9.82. The van der Waals surface area contributed by atoms with Gasteiger partial charge in [-0.2, -0.15) is 5.10 Å². The molecule has 0 aromatic heterocycles. The Hall–Kier alpha value is -4.04. The maximum absolute atomic E-state index is 12.3. The zero-order valence-corrected chi connectivity index (χ0v) is 18.8. The van der Waals surface area contributed by atoms with Gasteiger partial charge in [0.15, 0.2) is 6.61 Å². The van der Waals surface area contributed by atoms with E-state index in [1.165, 1.54) is 13.3 Å². The highest BCUT2D eigenvalue weighted by Crippen LogP contribution is 2.22. The molecule has 3 aromatic rings. The molecule has 0 spiro atoms. The van der Waals surface area contributed by atoms with Gasteiger partial charge in [-0.3, -0.25) is 9.59 Å². The highest BCUT2D eigenvalue weighted by atomic mass is 35.5. The van der Waals surface area contributed by atoms with Crippen molar-refractivity contribution < 1.29 is 23.8 Å². The molecule has 170 valence electrons. The molecule has 0 fully saturated rings. The number of halogens is 1. The van der Waals surface area contributed by atoms with Crippen LogP contribution in [0.3, 0.4) is 0 Å². The van der Waals surface area contributed by atoms with Crippen molar-refractivity contribution in [3.63, 3.8) is 0 Å². The van der Waals surface area contributed by atoms with Crippen molar-refractivity contribution in [3.8, 4) is 17.2 Å². The molecule has 0 aliphatic heterocycles. The Morgan fingerprint density at radius 1 is 0.970 bits per heavy atom. The second-order valence-corrected chi connectivity index (χ2v) is 7.12. The number of carbonyl (C=O) groups excluding carboxylic acids is 2. The highest BCUT2D eigenvalue weighted by Gasteiger charge is 2.09. The van der Waals surface area contributed by atoms with Crippen LogP contribution in [0.15, 0.2) is 71.8 Å². The van der Waals surface area contributed by atoms with Gasteiger partial charge in [0.25, 0.3) is 11.8 Å². The fourth-order valence-corrected chi connectivity index (χ4v) is 2.94. The smallest absolute Gasteiger partial charge is 0.271 e. The maximum Gasteiger partial charge on any atom is 0.271 e. The minimum Gasteiger partial charge on any atom is -0.497 e. The van der Waals surface area contributed by atoms with Crippen LogP contribution in [0.1, 0.15) is 15.9 Å². The van der Waals surface area contributed by atoms with E-state index in [1.807, 2.05) is 0 Å². The van der Waals surface area contributed by atoms with Gasteiger partial charge < -0.3 is 19.5 Å². The zero-order valence-electron chi connectivity index (χ0n) is 18.0. The first-order valence-corrected chi connectivity index (χ1v) is 10.2. The molecular weight excluding hydrogens is 446 g/mol. The molecule has 3 rings (SSSR count). The molecule has 0 unspecified atom stereocenters. The number of hydrazone groups is 1. The molecule has 0 radical (unpaired) electrons. The lowest BCUT2D eigenvalue weighted by Gasteiger charge is -2.10. The van der Waals surface area contributed by atoms with E-state index < -0.39 is 5.91 Å². The molecule has 2 amide bonds. The molecule has 8 nitrogen and oxygen atoms in total. The predicted molar refractivity (Wildman–Crippen MR) is 127 cm³/mol. The molecular formula is C24H22ClN3O5. The van der Waals surface area contributed by atoms with Crippen molar-refractivity contribution in [3.05, 3.63) is 82.9 Å². The highest BCUT2D eigenvalue weighted by molar-refractivity contribution is 6.30. The molecule has 33 heavy (non-hydrogen) atoms. The van der Waals surface area contributed by atoms with E-state index >= 15 is 0 Å². The number of anilines is 1. The Labute approximate surface area is 196 Å². The van der Waals surface area contributed by atoms with Crippen LogP contribution in [0.5, 0.6) is 17.2 Å². The third kappa shape index (κ3) is 6.98. The van der Waals surface area contributed by atoms with Crippen LogP contribution in [-0.4, -0.2) is 38.9 Å².